The lowest BCUT2D eigenvalue weighted by Gasteiger charge is -1.99. The van der Waals surface area contributed by atoms with Crippen molar-refractivity contribution < 1.29 is 8.42 Å². The van der Waals surface area contributed by atoms with Crippen LogP contribution >= 0.6 is 11.6 Å². The minimum Gasteiger partial charge on any atom is -0.347 e. The van der Waals surface area contributed by atoms with E-state index >= 15 is 0 Å². The maximum atomic E-state index is 11.4. The smallest absolute Gasteiger partial charge is 0.151 e. The highest BCUT2D eigenvalue weighted by molar-refractivity contribution is 7.89. The van der Waals surface area contributed by atoms with Gasteiger partial charge in [-0.15, -0.1) is 0 Å². The van der Waals surface area contributed by atoms with E-state index in [0.717, 1.165) is 23.0 Å². The first kappa shape index (κ1) is 12.5. The lowest BCUT2D eigenvalue weighted by molar-refractivity contribution is 0.601. The fourth-order valence-corrected chi connectivity index (χ4v) is 2.97. The molecule has 2 aromatic rings. The summed E-state index contributed by atoms with van der Waals surface area (Å²) >= 11 is 5.96. The summed E-state index contributed by atoms with van der Waals surface area (Å²) < 4.78 is 24.8. The second-order valence-corrected chi connectivity index (χ2v) is 6.75. The molecule has 0 atom stereocenters. The number of aryl methyl sites for hydroxylation is 1. The van der Waals surface area contributed by atoms with Crippen molar-refractivity contribution in [2.75, 3.05) is 6.26 Å². The molecule has 1 heterocycles. The van der Waals surface area contributed by atoms with Crippen LogP contribution in [0.2, 0.25) is 5.02 Å². The Morgan fingerprint density at radius 1 is 1.35 bits per heavy atom. The van der Waals surface area contributed by atoms with E-state index < -0.39 is 9.84 Å². The van der Waals surface area contributed by atoms with Crippen molar-refractivity contribution in [3.63, 3.8) is 0 Å². The zero-order chi connectivity index (χ0) is 12.6. The zero-order valence-electron chi connectivity index (χ0n) is 9.77. The molecule has 3 nitrogen and oxygen atoms in total. The summed E-state index contributed by atoms with van der Waals surface area (Å²) in [5, 5.41) is 1.55. The Morgan fingerprint density at radius 2 is 2.06 bits per heavy atom. The molecule has 0 aliphatic heterocycles. The molecular formula is C12H14ClNO2S. The Balaban J connectivity index is 2.66. The summed E-state index contributed by atoms with van der Waals surface area (Å²) in [5.74, 6) is 0.0524. The number of aromatic nitrogens is 1. The third-order valence-corrected chi connectivity index (χ3v) is 3.75. The Morgan fingerprint density at radius 3 is 2.65 bits per heavy atom. The average molecular weight is 272 g/mol. The number of fused-ring (bicyclic) bond motifs is 1. The van der Waals surface area contributed by atoms with Crippen LogP contribution in [-0.4, -0.2) is 19.2 Å². The van der Waals surface area contributed by atoms with E-state index in [-0.39, 0.29) is 5.75 Å². The molecule has 0 spiro atoms. The van der Waals surface area contributed by atoms with E-state index in [1.807, 2.05) is 35.9 Å². The maximum absolute atomic E-state index is 11.4. The van der Waals surface area contributed by atoms with Crippen LogP contribution in [0, 0.1) is 0 Å². The van der Waals surface area contributed by atoms with E-state index in [1.165, 1.54) is 6.26 Å². The summed E-state index contributed by atoms with van der Waals surface area (Å²) in [6.07, 6.45) is 3.13. The summed E-state index contributed by atoms with van der Waals surface area (Å²) in [6.45, 7) is 2.83. The van der Waals surface area contributed by atoms with Crippen molar-refractivity contribution in [1.82, 2.24) is 4.57 Å². The molecule has 0 saturated heterocycles. The predicted molar refractivity (Wildman–Crippen MR) is 71.2 cm³/mol. The Kier molecular flexibility index (Phi) is 3.19. The van der Waals surface area contributed by atoms with Crippen molar-refractivity contribution in [3.05, 3.63) is 35.0 Å². The third-order valence-electron chi connectivity index (χ3n) is 2.68. The molecule has 92 valence electrons. The van der Waals surface area contributed by atoms with Gasteiger partial charge in [-0.2, -0.15) is 0 Å². The Hall–Kier alpha value is -1.00. The van der Waals surface area contributed by atoms with Crippen LogP contribution in [0.15, 0.2) is 24.4 Å². The molecule has 17 heavy (non-hydrogen) atoms. The Labute approximate surface area is 106 Å². The van der Waals surface area contributed by atoms with Crippen molar-refractivity contribution >= 4 is 32.3 Å². The molecule has 0 aliphatic carbocycles. The molecule has 0 amide bonds. The molecule has 0 bridgehead atoms. The van der Waals surface area contributed by atoms with E-state index in [2.05, 4.69) is 0 Å². The highest BCUT2D eigenvalue weighted by Gasteiger charge is 2.12. The highest BCUT2D eigenvalue weighted by Crippen LogP contribution is 2.26. The monoisotopic (exact) mass is 271 g/mol. The zero-order valence-corrected chi connectivity index (χ0v) is 11.3. The number of sulfone groups is 1. The number of rotatable bonds is 3. The van der Waals surface area contributed by atoms with Crippen LogP contribution < -0.4 is 0 Å². The molecule has 0 saturated carbocycles. The van der Waals surface area contributed by atoms with Crippen LogP contribution in [0.3, 0.4) is 0 Å². The minimum absolute atomic E-state index is 0.0524. The van der Waals surface area contributed by atoms with Crippen LogP contribution in [-0.2, 0) is 22.1 Å². The van der Waals surface area contributed by atoms with E-state index in [9.17, 15) is 8.42 Å². The topological polar surface area (TPSA) is 39.1 Å². The van der Waals surface area contributed by atoms with Gasteiger partial charge in [0.1, 0.15) is 0 Å². The number of nitrogens with zero attached hydrogens (tertiary/aromatic N) is 1. The maximum Gasteiger partial charge on any atom is 0.151 e. The summed E-state index contributed by atoms with van der Waals surface area (Å²) in [5.41, 5.74) is 1.84. The standard InChI is InChI=1S/C12H14ClNO2S/c1-3-14-7-9(8-17(2,15)16)11-6-10(13)4-5-12(11)14/h4-7H,3,8H2,1-2H3. The molecule has 1 aromatic carbocycles. The van der Waals surface area contributed by atoms with Gasteiger partial charge < -0.3 is 4.57 Å². The van der Waals surface area contributed by atoms with Gasteiger partial charge in [-0.3, -0.25) is 0 Å². The molecule has 0 aliphatic rings. The molecular weight excluding hydrogens is 258 g/mol. The van der Waals surface area contributed by atoms with Crippen LogP contribution in [0.1, 0.15) is 12.5 Å². The fraction of sp³-hybridized carbons (Fsp3) is 0.333. The van der Waals surface area contributed by atoms with E-state index in [1.54, 1.807) is 0 Å². The molecule has 0 unspecified atom stereocenters. The SMILES string of the molecule is CCn1cc(CS(C)(=O)=O)c2cc(Cl)ccc21. The van der Waals surface area contributed by atoms with Crippen molar-refractivity contribution in [2.45, 2.75) is 19.2 Å². The summed E-state index contributed by atoms with van der Waals surface area (Å²) in [4.78, 5) is 0. The average Bonchev–Trinajstić information content (AvgIpc) is 2.54. The van der Waals surface area contributed by atoms with Gasteiger partial charge in [-0.25, -0.2) is 8.42 Å². The van der Waals surface area contributed by atoms with Crippen LogP contribution in [0.25, 0.3) is 10.9 Å². The molecule has 2 rings (SSSR count). The van der Waals surface area contributed by atoms with Gasteiger partial charge in [0, 0.05) is 34.9 Å². The number of hydrogen-bond acceptors (Lipinski definition) is 2. The van der Waals surface area contributed by atoms with E-state index in [4.69, 9.17) is 11.6 Å². The normalized spacial score (nSPS) is 12.2. The van der Waals surface area contributed by atoms with Gasteiger partial charge in [0.15, 0.2) is 9.84 Å². The summed E-state index contributed by atoms with van der Waals surface area (Å²) in [6, 6.07) is 5.57. The first-order valence-electron chi connectivity index (χ1n) is 5.35. The fourth-order valence-electron chi connectivity index (χ4n) is 2.00. The number of hydrogen-bond donors (Lipinski definition) is 0. The molecule has 0 N–H and O–H groups in total. The quantitative estimate of drug-likeness (QED) is 0.861. The first-order valence-corrected chi connectivity index (χ1v) is 7.79. The van der Waals surface area contributed by atoms with E-state index in [0.29, 0.717) is 5.02 Å². The predicted octanol–water partition coefficient (Wildman–Crippen LogP) is 2.86. The summed E-state index contributed by atoms with van der Waals surface area (Å²) in [7, 11) is -3.03. The Bertz CT molecular complexity index is 658. The highest BCUT2D eigenvalue weighted by atomic mass is 35.5. The lowest BCUT2D eigenvalue weighted by Crippen LogP contribution is -2.00. The van der Waals surface area contributed by atoms with Gasteiger partial charge in [0.05, 0.1) is 5.75 Å². The first-order chi connectivity index (χ1) is 7.90. The second kappa shape index (κ2) is 4.35. The van der Waals surface area contributed by atoms with Gasteiger partial charge >= 0.3 is 0 Å². The van der Waals surface area contributed by atoms with Crippen molar-refractivity contribution in [2.24, 2.45) is 0 Å². The number of halogens is 1. The molecule has 0 fully saturated rings. The van der Waals surface area contributed by atoms with Crippen LogP contribution in [0.4, 0.5) is 0 Å². The van der Waals surface area contributed by atoms with Gasteiger partial charge in [0.25, 0.3) is 0 Å². The second-order valence-electron chi connectivity index (χ2n) is 4.17. The lowest BCUT2D eigenvalue weighted by atomic mass is 10.2. The largest absolute Gasteiger partial charge is 0.347 e. The minimum atomic E-state index is -3.03. The molecule has 5 heteroatoms. The number of benzene rings is 1. The van der Waals surface area contributed by atoms with Crippen molar-refractivity contribution in [3.8, 4) is 0 Å². The third kappa shape index (κ3) is 2.64. The van der Waals surface area contributed by atoms with Crippen molar-refractivity contribution in [1.29, 1.82) is 0 Å². The molecule has 1 aromatic heterocycles. The molecule has 0 radical (unpaired) electrons. The van der Waals surface area contributed by atoms with Gasteiger partial charge in [0.2, 0.25) is 0 Å². The van der Waals surface area contributed by atoms with Gasteiger partial charge in [-0.1, -0.05) is 11.6 Å². The van der Waals surface area contributed by atoms with Gasteiger partial charge in [-0.05, 0) is 30.7 Å². The van der Waals surface area contributed by atoms with Crippen LogP contribution in [0.5, 0.6) is 0 Å².